The first-order chi connectivity index (χ1) is 7.27. The topological polar surface area (TPSA) is 79.6 Å². The Morgan fingerprint density at radius 2 is 2.20 bits per heavy atom. The van der Waals surface area contributed by atoms with Gasteiger partial charge in [0.15, 0.2) is 0 Å². The first-order valence-corrected chi connectivity index (χ1v) is 5.17. The lowest BCUT2D eigenvalue weighted by molar-refractivity contribution is 1.07. The van der Waals surface area contributed by atoms with Gasteiger partial charge >= 0.3 is 0 Å². The van der Waals surface area contributed by atoms with Crippen LogP contribution in [-0.4, -0.2) is 15.0 Å². The lowest BCUT2D eigenvalue weighted by Crippen LogP contribution is -2.03. The van der Waals surface area contributed by atoms with Crippen LogP contribution in [0.5, 0.6) is 0 Å². The molecule has 78 valence electrons. The number of nitrogens with one attached hydrogen (secondary N) is 2. The second-order valence-corrected chi connectivity index (χ2v) is 3.87. The van der Waals surface area contributed by atoms with Gasteiger partial charge in [-0.1, -0.05) is 0 Å². The average molecular weight is 268 g/mol. The van der Waals surface area contributed by atoms with Gasteiger partial charge in [-0.3, -0.25) is 4.98 Å². The highest BCUT2D eigenvalue weighted by atomic mass is 79.9. The highest BCUT2D eigenvalue weighted by Crippen LogP contribution is 2.27. The van der Waals surface area contributed by atoms with Gasteiger partial charge in [0.05, 0.1) is 40.6 Å². The zero-order chi connectivity index (χ0) is 10.7. The van der Waals surface area contributed by atoms with E-state index in [-0.39, 0.29) is 0 Å². The maximum Gasteiger partial charge on any atom is 0.0922 e. The summed E-state index contributed by atoms with van der Waals surface area (Å²) in [5, 5.41) is 3.20. The van der Waals surface area contributed by atoms with Crippen molar-refractivity contribution in [2.75, 3.05) is 11.1 Å². The molecule has 2 heterocycles. The second kappa shape index (κ2) is 4.31. The summed E-state index contributed by atoms with van der Waals surface area (Å²) in [5.74, 6) is 0. The normalized spacial score (nSPS) is 10.2. The van der Waals surface area contributed by atoms with Crippen molar-refractivity contribution in [3.8, 4) is 0 Å². The first-order valence-electron chi connectivity index (χ1n) is 4.37. The third-order valence-electron chi connectivity index (χ3n) is 1.94. The third kappa shape index (κ3) is 2.27. The van der Waals surface area contributed by atoms with Crippen molar-refractivity contribution in [2.45, 2.75) is 6.54 Å². The molecule has 0 unspecified atom stereocenters. The Kier molecular flexibility index (Phi) is 2.86. The summed E-state index contributed by atoms with van der Waals surface area (Å²) in [6.45, 7) is 0.646. The average Bonchev–Trinajstić information content (AvgIpc) is 2.70. The number of nitrogens with zero attached hydrogens (tertiary/aromatic N) is 2. The van der Waals surface area contributed by atoms with Crippen LogP contribution in [-0.2, 0) is 6.54 Å². The van der Waals surface area contributed by atoms with Crippen molar-refractivity contribution < 1.29 is 0 Å². The van der Waals surface area contributed by atoms with E-state index in [0.717, 1.165) is 15.9 Å². The minimum Gasteiger partial charge on any atom is -0.396 e. The number of nitrogens with two attached hydrogens (primary N) is 1. The summed E-state index contributed by atoms with van der Waals surface area (Å²) in [4.78, 5) is 10.9. The van der Waals surface area contributed by atoms with Gasteiger partial charge in [-0.2, -0.15) is 0 Å². The van der Waals surface area contributed by atoms with Crippen LogP contribution in [0.25, 0.3) is 0 Å². The monoisotopic (exact) mass is 267 g/mol. The van der Waals surface area contributed by atoms with E-state index in [1.165, 1.54) is 0 Å². The molecule has 0 aliphatic rings. The molecule has 0 bridgehead atoms. The molecule has 0 radical (unpaired) electrons. The fourth-order valence-corrected chi connectivity index (χ4v) is 1.69. The zero-order valence-electron chi connectivity index (χ0n) is 7.87. The first kappa shape index (κ1) is 9.97. The lowest BCUT2D eigenvalue weighted by Gasteiger charge is -2.09. The van der Waals surface area contributed by atoms with Crippen LogP contribution in [0.3, 0.4) is 0 Å². The quantitative estimate of drug-likeness (QED) is 0.792. The SMILES string of the molecule is Nc1cncc(Br)c1NCc1cnc[nH]1. The molecule has 2 rings (SSSR count). The van der Waals surface area contributed by atoms with Gasteiger partial charge in [-0.25, -0.2) is 4.98 Å². The molecule has 4 N–H and O–H groups in total. The molecule has 2 aromatic rings. The number of rotatable bonds is 3. The molecule has 0 atom stereocenters. The Bertz CT molecular complexity index is 420. The number of hydrogen-bond donors (Lipinski definition) is 3. The van der Waals surface area contributed by atoms with E-state index < -0.39 is 0 Å². The summed E-state index contributed by atoms with van der Waals surface area (Å²) in [6, 6.07) is 0. The molecule has 6 heteroatoms. The molecule has 0 aliphatic carbocycles. The van der Waals surface area contributed by atoms with E-state index in [4.69, 9.17) is 5.73 Å². The molecular formula is C9H10BrN5. The maximum atomic E-state index is 5.78. The summed E-state index contributed by atoms with van der Waals surface area (Å²) in [7, 11) is 0. The van der Waals surface area contributed by atoms with Gasteiger partial charge in [-0.05, 0) is 15.9 Å². The van der Waals surface area contributed by atoms with Gasteiger partial charge < -0.3 is 16.0 Å². The zero-order valence-corrected chi connectivity index (χ0v) is 9.45. The molecule has 0 amide bonds. The van der Waals surface area contributed by atoms with Crippen LogP contribution < -0.4 is 11.1 Å². The van der Waals surface area contributed by atoms with Crippen molar-refractivity contribution in [3.63, 3.8) is 0 Å². The third-order valence-corrected chi connectivity index (χ3v) is 2.54. The molecular weight excluding hydrogens is 258 g/mol. The number of anilines is 2. The van der Waals surface area contributed by atoms with Crippen LogP contribution in [0.15, 0.2) is 29.4 Å². The van der Waals surface area contributed by atoms with E-state index in [9.17, 15) is 0 Å². The van der Waals surface area contributed by atoms with Crippen molar-refractivity contribution in [1.82, 2.24) is 15.0 Å². The largest absolute Gasteiger partial charge is 0.396 e. The van der Waals surface area contributed by atoms with E-state index in [1.54, 1.807) is 24.9 Å². The Morgan fingerprint density at radius 1 is 1.33 bits per heavy atom. The Morgan fingerprint density at radius 3 is 2.87 bits per heavy atom. The smallest absolute Gasteiger partial charge is 0.0922 e. The van der Waals surface area contributed by atoms with Crippen LogP contribution >= 0.6 is 15.9 Å². The molecule has 0 fully saturated rings. The number of aromatic nitrogens is 3. The van der Waals surface area contributed by atoms with Crippen molar-refractivity contribution in [1.29, 1.82) is 0 Å². The van der Waals surface area contributed by atoms with E-state index in [1.807, 2.05) is 0 Å². The Balaban J connectivity index is 2.11. The van der Waals surface area contributed by atoms with Crippen LogP contribution in [0.2, 0.25) is 0 Å². The van der Waals surface area contributed by atoms with Gasteiger partial charge in [0.2, 0.25) is 0 Å². The lowest BCUT2D eigenvalue weighted by atomic mass is 10.3. The fraction of sp³-hybridized carbons (Fsp3) is 0.111. The fourth-order valence-electron chi connectivity index (χ4n) is 1.20. The summed E-state index contributed by atoms with van der Waals surface area (Å²) in [6.07, 6.45) is 6.71. The highest BCUT2D eigenvalue weighted by Gasteiger charge is 2.04. The van der Waals surface area contributed by atoms with Gasteiger partial charge in [0.25, 0.3) is 0 Å². The summed E-state index contributed by atoms with van der Waals surface area (Å²) >= 11 is 3.38. The molecule has 0 aromatic carbocycles. The predicted molar refractivity (Wildman–Crippen MR) is 62.3 cm³/mol. The molecule has 0 saturated carbocycles. The minimum atomic E-state index is 0.615. The van der Waals surface area contributed by atoms with E-state index in [0.29, 0.717) is 12.2 Å². The van der Waals surface area contributed by atoms with Gasteiger partial charge in [0, 0.05) is 12.4 Å². The molecule has 15 heavy (non-hydrogen) atoms. The van der Waals surface area contributed by atoms with Crippen molar-refractivity contribution >= 4 is 27.3 Å². The summed E-state index contributed by atoms with van der Waals surface area (Å²) < 4.78 is 0.849. The number of hydrogen-bond acceptors (Lipinski definition) is 4. The standard InChI is InChI=1S/C9H10BrN5/c10-7-3-12-4-8(11)9(7)14-2-6-1-13-5-15-6/h1,3-5H,2,11H2,(H,12,14)(H,13,15). The highest BCUT2D eigenvalue weighted by molar-refractivity contribution is 9.10. The van der Waals surface area contributed by atoms with Crippen LogP contribution in [0, 0.1) is 0 Å². The Labute approximate surface area is 95.3 Å². The number of H-pyrrole nitrogens is 1. The van der Waals surface area contributed by atoms with E-state index >= 15 is 0 Å². The number of nitrogen functional groups attached to an aromatic ring is 1. The van der Waals surface area contributed by atoms with Crippen molar-refractivity contribution in [3.05, 3.63) is 35.1 Å². The predicted octanol–water partition coefficient (Wildman–Crippen LogP) is 1.76. The van der Waals surface area contributed by atoms with Gasteiger partial charge in [0.1, 0.15) is 0 Å². The minimum absolute atomic E-state index is 0.615. The molecule has 0 saturated heterocycles. The Hall–Kier alpha value is -1.56. The molecule has 0 spiro atoms. The number of pyridine rings is 1. The molecule has 5 nitrogen and oxygen atoms in total. The number of halogens is 1. The van der Waals surface area contributed by atoms with Crippen LogP contribution in [0.1, 0.15) is 5.69 Å². The number of imidazole rings is 1. The van der Waals surface area contributed by atoms with E-state index in [2.05, 4.69) is 36.2 Å². The van der Waals surface area contributed by atoms with Crippen LogP contribution in [0.4, 0.5) is 11.4 Å². The van der Waals surface area contributed by atoms with Crippen molar-refractivity contribution in [2.24, 2.45) is 0 Å². The second-order valence-electron chi connectivity index (χ2n) is 3.02. The number of aromatic amines is 1. The molecule has 2 aromatic heterocycles. The van der Waals surface area contributed by atoms with Gasteiger partial charge in [-0.15, -0.1) is 0 Å². The molecule has 0 aliphatic heterocycles. The maximum absolute atomic E-state index is 5.78. The summed E-state index contributed by atoms with van der Waals surface area (Å²) in [5.41, 5.74) is 8.24.